The first-order valence-corrected chi connectivity index (χ1v) is 8.71. The molecule has 0 unspecified atom stereocenters. The number of pyridine rings is 1. The molecule has 0 atom stereocenters. The molecule has 2 N–H and O–H groups in total. The van der Waals surface area contributed by atoms with Crippen molar-refractivity contribution in [2.45, 2.75) is 19.5 Å². The Labute approximate surface area is 161 Å². The molecule has 0 fully saturated rings. The van der Waals surface area contributed by atoms with Crippen molar-refractivity contribution in [2.24, 2.45) is 0 Å². The molecule has 6 nitrogen and oxygen atoms in total. The van der Waals surface area contributed by atoms with Gasteiger partial charge in [0.1, 0.15) is 5.82 Å². The predicted molar refractivity (Wildman–Crippen MR) is 98.8 cm³/mol. The van der Waals surface area contributed by atoms with E-state index in [0.29, 0.717) is 49.0 Å². The highest BCUT2D eigenvalue weighted by molar-refractivity contribution is 5.94. The van der Waals surface area contributed by atoms with Gasteiger partial charge < -0.3 is 20.1 Å². The minimum atomic E-state index is -4.40. The number of rotatable bonds is 9. The maximum absolute atomic E-state index is 12.5. The Balaban J connectivity index is 1.77. The van der Waals surface area contributed by atoms with Gasteiger partial charge in [0.25, 0.3) is 5.91 Å². The van der Waals surface area contributed by atoms with Crippen molar-refractivity contribution < 1.29 is 27.4 Å². The van der Waals surface area contributed by atoms with Crippen LogP contribution in [0.4, 0.5) is 19.0 Å². The number of alkyl halides is 3. The minimum Gasteiger partial charge on any atom is -0.493 e. The summed E-state index contributed by atoms with van der Waals surface area (Å²) in [5.41, 5.74) is -0.353. The van der Waals surface area contributed by atoms with Crippen LogP contribution in [-0.2, 0) is 6.18 Å². The van der Waals surface area contributed by atoms with Gasteiger partial charge in [-0.1, -0.05) is 0 Å². The van der Waals surface area contributed by atoms with E-state index in [0.717, 1.165) is 12.3 Å². The van der Waals surface area contributed by atoms with Crippen LogP contribution in [0.25, 0.3) is 0 Å². The van der Waals surface area contributed by atoms with Gasteiger partial charge in [0.15, 0.2) is 11.5 Å². The number of hydrogen-bond acceptors (Lipinski definition) is 5. The number of halogens is 3. The van der Waals surface area contributed by atoms with Crippen LogP contribution in [0.2, 0.25) is 0 Å². The Morgan fingerprint density at radius 2 is 1.93 bits per heavy atom. The topological polar surface area (TPSA) is 72.5 Å². The summed E-state index contributed by atoms with van der Waals surface area (Å²) >= 11 is 0. The highest BCUT2D eigenvalue weighted by atomic mass is 19.4. The Kier molecular flexibility index (Phi) is 7.48. The first-order chi connectivity index (χ1) is 13.3. The summed E-state index contributed by atoms with van der Waals surface area (Å²) in [5, 5.41) is 5.68. The van der Waals surface area contributed by atoms with Crippen molar-refractivity contribution in [3.05, 3.63) is 47.7 Å². The smallest absolute Gasteiger partial charge is 0.417 e. The number of nitrogens with one attached hydrogen (secondary N) is 2. The molecule has 0 saturated heterocycles. The zero-order valence-electron chi connectivity index (χ0n) is 15.6. The second kappa shape index (κ2) is 9.82. The van der Waals surface area contributed by atoms with Crippen molar-refractivity contribution >= 4 is 11.7 Å². The highest BCUT2D eigenvalue weighted by Crippen LogP contribution is 2.29. The Hall–Kier alpha value is -2.97. The number of aromatic nitrogens is 1. The molecule has 1 amide bonds. The molecule has 0 aliphatic carbocycles. The normalized spacial score (nSPS) is 11.0. The lowest BCUT2D eigenvalue weighted by atomic mass is 10.2. The summed E-state index contributed by atoms with van der Waals surface area (Å²) in [6.45, 7) is 3.18. The number of nitrogens with zero attached hydrogens (tertiary/aromatic N) is 1. The van der Waals surface area contributed by atoms with Crippen LogP contribution in [0.3, 0.4) is 0 Å². The van der Waals surface area contributed by atoms with Crippen LogP contribution >= 0.6 is 0 Å². The van der Waals surface area contributed by atoms with Gasteiger partial charge in [0.2, 0.25) is 0 Å². The Morgan fingerprint density at radius 3 is 2.54 bits per heavy atom. The standard InChI is InChI=1S/C19H22F3N3O3/c1-3-28-15-7-5-13(11-16(15)27-2)18(26)24-10-4-9-23-17-8-6-14(12-25-17)19(20,21)22/h5-8,11-12H,3-4,9-10H2,1-2H3,(H,23,25)(H,24,26). The van der Waals surface area contributed by atoms with Crippen molar-refractivity contribution in [1.82, 2.24) is 10.3 Å². The average molecular weight is 397 g/mol. The summed E-state index contributed by atoms with van der Waals surface area (Å²) in [6.07, 6.45) is -3.05. The molecule has 0 bridgehead atoms. The van der Waals surface area contributed by atoms with Gasteiger partial charge >= 0.3 is 6.18 Å². The van der Waals surface area contributed by atoms with E-state index in [-0.39, 0.29) is 5.91 Å². The van der Waals surface area contributed by atoms with E-state index >= 15 is 0 Å². The van der Waals surface area contributed by atoms with Gasteiger partial charge in [-0.3, -0.25) is 4.79 Å². The van der Waals surface area contributed by atoms with Crippen molar-refractivity contribution in [1.29, 1.82) is 0 Å². The van der Waals surface area contributed by atoms with Crippen molar-refractivity contribution in [3.63, 3.8) is 0 Å². The minimum absolute atomic E-state index is 0.256. The molecule has 0 aliphatic heterocycles. The maximum Gasteiger partial charge on any atom is 0.417 e. The molecule has 0 aliphatic rings. The fourth-order valence-electron chi connectivity index (χ4n) is 2.36. The number of carbonyl (C=O) groups excluding carboxylic acids is 1. The summed E-state index contributed by atoms with van der Waals surface area (Å²) in [5.74, 6) is 1.13. The average Bonchev–Trinajstić information content (AvgIpc) is 2.67. The molecule has 28 heavy (non-hydrogen) atoms. The zero-order chi connectivity index (χ0) is 20.6. The number of amides is 1. The summed E-state index contributed by atoms with van der Waals surface area (Å²) < 4.78 is 48.1. The number of carbonyl (C=O) groups is 1. The highest BCUT2D eigenvalue weighted by Gasteiger charge is 2.30. The SMILES string of the molecule is CCOc1ccc(C(=O)NCCCNc2ccc(C(F)(F)F)cn2)cc1OC. The molecule has 1 aromatic heterocycles. The lowest BCUT2D eigenvalue weighted by molar-refractivity contribution is -0.137. The Morgan fingerprint density at radius 1 is 1.14 bits per heavy atom. The van der Waals surface area contributed by atoms with E-state index in [1.165, 1.54) is 13.2 Å². The largest absolute Gasteiger partial charge is 0.493 e. The summed E-state index contributed by atoms with van der Waals surface area (Å²) in [6, 6.07) is 7.16. The molecular formula is C19H22F3N3O3. The third kappa shape index (κ3) is 6.04. The Bertz CT molecular complexity index is 780. The summed E-state index contributed by atoms with van der Waals surface area (Å²) in [7, 11) is 1.50. The molecule has 0 saturated carbocycles. The third-order valence-electron chi connectivity index (χ3n) is 3.76. The van der Waals surface area contributed by atoms with Gasteiger partial charge in [0.05, 0.1) is 19.3 Å². The molecule has 152 valence electrons. The molecule has 2 aromatic rings. The third-order valence-corrected chi connectivity index (χ3v) is 3.76. The van der Waals surface area contributed by atoms with E-state index in [1.807, 2.05) is 6.92 Å². The second-order valence-corrected chi connectivity index (χ2v) is 5.76. The van der Waals surface area contributed by atoms with Crippen LogP contribution in [0.15, 0.2) is 36.5 Å². The van der Waals surface area contributed by atoms with Crippen LogP contribution in [0.5, 0.6) is 11.5 Å². The molecule has 2 rings (SSSR count). The van der Waals surface area contributed by atoms with Gasteiger partial charge in [-0.25, -0.2) is 4.98 Å². The van der Waals surface area contributed by atoms with Crippen molar-refractivity contribution in [2.75, 3.05) is 32.1 Å². The van der Waals surface area contributed by atoms with Crippen LogP contribution < -0.4 is 20.1 Å². The van der Waals surface area contributed by atoms with E-state index in [2.05, 4.69) is 15.6 Å². The molecule has 0 radical (unpaired) electrons. The molecule has 1 aromatic carbocycles. The molecule has 1 heterocycles. The first kappa shape index (κ1) is 21.3. The maximum atomic E-state index is 12.5. The van der Waals surface area contributed by atoms with E-state index in [4.69, 9.17) is 9.47 Å². The summed E-state index contributed by atoms with van der Waals surface area (Å²) in [4.78, 5) is 15.9. The predicted octanol–water partition coefficient (Wildman–Crippen LogP) is 3.74. The van der Waals surface area contributed by atoms with Crippen molar-refractivity contribution in [3.8, 4) is 11.5 Å². The van der Waals surface area contributed by atoms with E-state index < -0.39 is 11.7 Å². The number of benzene rings is 1. The second-order valence-electron chi connectivity index (χ2n) is 5.76. The number of anilines is 1. The first-order valence-electron chi connectivity index (χ1n) is 8.71. The van der Waals surface area contributed by atoms with Gasteiger partial charge in [-0.2, -0.15) is 13.2 Å². The van der Waals surface area contributed by atoms with Gasteiger partial charge in [-0.05, 0) is 43.7 Å². The molecular weight excluding hydrogens is 375 g/mol. The number of hydrogen-bond donors (Lipinski definition) is 2. The van der Waals surface area contributed by atoms with Crippen LogP contribution in [-0.4, -0.2) is 37.7 Å². The fraction of sp³-hybridized carbons (Fsp3) is 0.368. The molecule has 9 heteroatoms. The van der Waals surface area contributed by atoms with Gasteiger partial charge in [-0.15, -0.1) is 0 Å². The van der Waals surface area contributed by atoms with Crippen LogP contribution in [0.1, 0.15) is 29.3 Å². The quantitative estimate of drug-likeness (QED) is 0.631. The van der Waals surface area contributed by atoms with E-state index in [9.17, 15) is 18.0 Å². The van der Waals surface area contributed by atoms with Crippen LogP contribution in [0, 0.1) is 0 Å². The zero-order valence-corrected chi connectivity index (χ0v) is 15.6. The van der Waals surface area contributed by atoms with E-state index in [1.54, 1.807) is 18.2 Å². The molecule has 0 spiro atoms. The number of ether oxygens (including phenoxy) is 2. The fourth-order valence-corrected chi connectivity index (χ4v) is 2.36. The number of methoxy groups -OCH3 is 1. The monoisotopic (exact) mass is 397 g/mol. The lowest BCUT2D eigenvalue weighted by Gasteiger charge is -2.11. The lowest BCUT2D eigenvalue weighted by Crippen LogP contribution is -2.26. The van der Waals surface area contributed by atoms with Gasteiger partial charge in [0, 0.05) is 24.8 Å².